The van der Waals surface area contributed by atoms with E-state index < -0.39 is 0 Å². The second kappa shape index (κ2) is 10.2. The second-order valence-corrected chi connectivity index (χ2v) is 10.5. The van der Waals surface area contributed by atoms with Gasteiger partial charge in [-0.25, -0.2) is 4.79 Å². The highest BCUT2D eigenvalue weighted by atomic mass is 32.2. The van der Waals surface area contributed by atoms with Crippen LogP contribution in [0.15, 0.2) is 18.2 Å². The molecule has 4 rings (SSSR count). The largest absolute Gasteiger partial charge is 0.497 e. The molecule has 1 spiro atoms. The molecule has 0 bridgehead atoms. The molecule has 2 aliphatic heterocycles. The van der Waals surface area contributed by atoms with Crippen LogP contribution in [0.2, 0.25) is 0 Å². The van der Waals surface area contributed by atoms with Crippen LogP contribution in [0.4, 0.5) is 10.5 Å². The van der Waals surface area contributed by atoms with E-state index in [4.69, 9.17) is 9.47 Å². The van der Waals surface area contributed by atoms with Crippen LogP contribution >= 0.6 is 11.8 Å². The van der Waals surface area contributed by atoms with Crippen LogP contribution in [0.3, 0.4) is 0 Å². The van der Waals surface area contributed by atoms with Gasteiger partial charge < -0.3 is 24.6 Å². The molecule has 32 heavy (non-hydrogen) atoms. The normalized spacial score (nSPS) is 20.6. The van der Waals surface area contributed by atoms with Crippen LogP contribution in [-0.2, 0) is 4.79 Å². The number of carbonyl (C=O) groups excluding carboxylic acids is 2. The first-order valence-electron chi connectivity index (χ1n) is 11.8. The van der Waals surface area contributed by atoms with Gasteiger partial charge in [-0.3, -0.25) is 4.79 Å². The third-order valence-corrected chi connectivity index (χ3v) is 8.75. The smallest absolute Gasteiger partial charge is 0.321 e. The Bertz CT molecular complexity index is 819. The number of nitrogens with one attached hydrogen (secondary N) is 1. The average Bonchev–Trinajstić information content (AvgIpc) is 3.48. The van der Waals surface area contributed by atoms with Gasteiger partial charge in [0, 0.05) is 37.9 Å². The fourth-order valence-corrected chi connectivity index (χ4v) is 6.77. The van der Waals surface area contributed by atoms with Gasteiger partial charge in [-0.1, -0.05) is 25.7 Å². The summed E-state index contributed by atoms with van der Waals surface area (Å²) in [4.78, 5) is 29.8. The topological polar surface area (TPSA) is 71.1 Å². The minimum absolute atomic E-state index is 0.134. The number of methoxy groups -OCH3 is 2. The maximum atomic E-state index is 13.1. The first kappa shape index (κ1) is 23.1. The van der Waals surface area contributed by atoms with Gasteiger partial charge in [-0.05, 0) is 37.3 Å². The van der Waals surface area contributed by atoms with Crippen LogP contribution in [0.25, 0.3) is 0 Å². The Labute approximate surface area is 195 Å². The van der Waals surface area contributed by atoms with Crippen molar-refractivity contribution < 1.29 is 19.1 Å². The molecular formula is C24H35N3O4S. The zero-order chi connectivity index (χ0) is 22.6. The lowest BCUT2D eigenvalue weighted by molar-refractivity contribution is -0.134. The van der Waals surface area contributed by atoms with Gasteiger partial charge in [-0.15, -0.1) is 11.8 Å². The molecule has 2 saturated heterocycles. The molecule has 3 amide bonds. The highest BCUT2D eigenvalue weighted by Gasteiger charge is 2.46. The third kappa shape index (κ3) is 4.95. The molecule has 176 valence electrons. The number of ether oxygens (including phenoxy) is 2. The van der Waals surface area contributed by atoms with E-state index in [1.165, 1.54) is 25.7 Å². The molecule has 1 saturated carbocycles. The molecule has 7 nitrogen and oxygen atoms in total. The molecule has 3 aliphatic rings. The van der Waals surface area contributed by atoms with Crippen molar-refractivity contribution in [3.63, 3.8) is 0 Å². The fraction of sp³-hybridized carbons (Fsp3) is 0.667. The summed E-state index contributed by atoms with van der Waals surface area (Å²) in [5.74, 6) is 3.28. The molecule has 0 unspecified atom stereocenters. The number of hydrogen-bond acceptors (Lipinski definition) is 5. The summed E-state index contributed by atoms with van der Waals surface area (Å²) in [6, 6.07) is 5.21. The summed E-state index contributed by atoms with van der Waals surface area (Å²) in [6.07, 6.45) is 8.57. The summed E-state index contributed by atoms with van der Waals surface area (Å²) < 4.78 is 10.6. The molecule has 2 heterocycles. The Kier molecular flexibility index (Phi) is 7.38. The van der Waals surface area contributed by atoms with Gasteiger partial charge in [0.25, 0.3) is 0 Å². The SMILES string of the molecule is COc1ccc(NC(=O)N2CCC3(CC2)SCCN3C(=O)CCC2CCCC2)c(OC)c1. The van der Waals surface area contributed by atoms with E-state index in [0.29, 0.717) is 42.6 Å². The molecule has 1 aromatic rings. The number of piperidine rings is 1. The van der Waals surface area contributed by atoms with Crippen molar-refractivity contribution in [1.82, 2.24) is 9.80 Å². The first-order valence-corrected chi connectivity index (χ1v) is 12.8. The number of nitrogens with zero attached hydrogens (tertiary/aromatic N) is 2. The second-order valence-electron chi connectivity index (χ2n) is 9.01. The number of carbonyl (C=O) groups is 2. The average molecular weight is 462 g/mol. The number of anilines is 1. The number of likely N-dealkylation sites (tertiary alicyclic amines) is 1. The predicted molar refractivity (Wildman–Crippen MR) is 127 cm³/mol. The highest BCUT2D eigenvalue weighted by molar-refractivity contribution is 8.00. The number of urea groups is 1. The van der Waals surface area contributed by atoms with Crippen molar-refractivity contribution in [2.75, 3.05) is 44.9 Å². The van der Waals surface area contributed by atoms with Gasteiger partial charge in [0.05, 0.1) is 24.8 Å². The van der Waals surface area contributed by atoms with E-state index >= 15 is 0 Å². The zero-order valence-electron chi connectivity index (χ0n) is 19.2. The van der Waals surface area contributed by atoms with Gasteiger partial charge in [0.2, 0.25) is 5.91 Å². The monoisotopic (exact) mass is 461 g/mol. The molecule has 0 atom stereocenters. The molecule has 0 radical (unpaired) electrons. The van der Waals surface area contributed by atoms with Gasteiger partial charge >= 0.3 is 6.03 Å². The Morgan fingerprint density at radius 2 is 1.88 bits per heavy atom. The maximum absolute atomic E-state index is 13.1. The Morgan fingerprint density at radius 3 is 2.56 bits per heavy atom. The quantitative estimate of drug-likeness (QED) is 0.672. The van der Waals surface area contributed by atoms with Crippen molar-refractivity contribution in [3.05, 3.63) is 18.2 Å². The van der Waals surface area contributed by atoms with Crippen molar-refractivity contribution in [2.24, 2.45) is 5.92 Å². The molecule has 1 aromatic carbocycles. The van der Waals surface area contributed by atoms with Gasteiger partial charge in [0.15, 0.2) is 0 Å². The molecule has 1 aliphatic carbocycles. The minimum atomic E-state index is -0.138. The van der Waals surface area contributed by atoms with Crippen molar-refractivity contribution in [2.45, 2.75) is 56.2 Å². The van der Waals surface area contributed by atoms with E-state index in [9.17, 15) is 9.59 Å². The number of amides is 3. The van der Waals surface area contributed by atoms with Gasteiger partial charge in [-0.2, -0.15) is 0 Å². The van der Waals surface area contributed by atoms with E-state index in [-0.39, 0.29) is 10.9 Å². The molecule has 3 fully saturated rings. The summed E-state index contributed by atoms with van der Waals surface area (Å²) >= 11 is 1.90. The molecule has 8 heteroatoms. The van der Waals surface area contributed by atoms with Crippen LogP contribution in [0.5, 0.6) is 11.5 Å². The first-order chi connectivity index (χ1) is 15.5. The zero-order valence-corrected chi connectivity index (χ0v) is 20.0. The van der Waals surface area contributed by atoms with Crippen LogP contribution in [-0.4, -0.2) is 66.2 Å². The number of rotatable bonds is 6. The number of hydrogen-bond donors (Lipinski definition) is 1. The van der Waals surface area contributed by atoms with Crippen LogP contribution in [0.1, 0.15) is 51.4 Å². The molecular weight excluding hydrogens is 426 g/mol. The van der Waals surface area contributed by atoms with Crippen LogP contribution in [0, 0.1) is 5.92 Å². The maximum Gasteiger partial charge on any atom is 0.321 e. The third-order valence-electron chi connectivity index (χ3n) is 7.20. The summed E-state index contributed by atoms with van der Waals surface area (Å²) in [5.41, 5.74) is 0.623. The fourth-order valence-electron chi connectivity index (χ4n) is 5.29. The van der Waals surface area contributed by atoms with Crippen LogP contribution < -0.4 is 14.8 Å². The summed E-state index contributed by atoms with van der Waals surface area (Å²) in [7, 11) is 3.17. The summed E-state index contributed by atoms with van der Waals surface area (Å²) in [6.45, 7) is 2.12. The van der Waals surface area contributed by atoms with Gasteiger partial charge in [0.1, 0.15) is 11.5 Å². The number of benzene rings is 1. The lowest BCUT2D eigenvalue weighted by atomic mass is 9.99. The predicted octanol–water partition coefficient (Wildman–Crippen LogP) is 4.57. The van der Waals surface area contributed by atoms with Crippen molar-refractivity contribution in [3.8, 4) is 11.5 Å². The van der Waals surface area contributed by atoms with E-state index in [1.54, 1.807) is 32.4 Å². The lowest BCUT2D eigenvalue weighted by Crippen LogP contribution is -2.54. The number of thioether (sulfide) groups is 1. The minimum Gasteiger partial charge on any atom is -0.497 e. The molecule has 0 aromatic heterocycles. The Morgan fingerprint density at radius 1 is 1.12 bits per heavy atom. The molecule has 1 N–H and O–H groups in total. The lowest BCUT2D eigenvalue weighted by Gasteiger charge is -2.44. The van der Waals surface area contributed by atoms with E-state index in [1.807, 2.05) is 16.7 Å². The van der Waals surface area contributed by atoms with E-state index in [0.717, 1.165) is 37.5 Å². The highest BCUT2D eigenvalue weighted by Crippen LogP contribution is 2.44. The van der Waals surface area contributed by atoms with Crippen molar-refractivity contribution >= 4 is 29.4 Å². The summed E-state index contributed by atoms with van der Waals surface area (Å²) in [5, 5.41) is 2.97. The Balaban J connectivity index is 1.32. The standard InChI is InChI=1S/C24H35N3O4S/c1-30-19-8-9-20(21(17-19)31-2)25-23(29)26-13-11-24(12-14-26)27(15-16-32-24)22(28)10-7-18-5-3-4-6-18/h8-9,17-18H,3-7,10-16H2,1-2H3,(H,25,29). The Hall–Kier alpha value is -2.09. The van der Waals surface area contributed by atoms with Crippen molar-refractivity contribution in [1.29, 1.82) is 0 Å². The van der Waals surface area contributed by atoms with E-state index in [2.05, 4.69) is 10.2 Å².